The Morgan fingerprint density at radius 3 is 2.74 bits per heavy atom. The number of nitrogens with zero attached hydrogens (tertiary/aromatic N) is 4. The molecule has 1 aromatic carbocycles. The van der Waals surface area contributed by atoms with Gasteiger partial charge >= 0.3 is 5.97 Å². The first-order chi connectivity index (χ1) is 15.1. The normalized spacial score (nSPS) is 10.8. The van der Waals surface area contributed by atoms with E-state index in [1.54, 1.807) is 38.5 Å². The van der Waals surface area contributed by atoms with Crippen molar-refractivity contribution in [1.29, 1.82) is 0 Å². The van der Waals surface area contributed by atoms with Crippen LogP contribution in [0.1, 0.15) is 21.9 Å². The van der Waals surface area contributed by atoms with Crippen molar-refractivity contribution in [3.8, 4) is 28.7 Å². The second-order valence-corrected chi connectivity index (χ2v) is 7.11. The smallest absolute Gasteiger partial charge is 0.343 e. The van der Waals surface area contributed by atoms with Crippen LogP contribution in [0.3, 0.4) is 0 Å². The Bertz CT molecular complexity index is 1210. The molecule has 9 nitrogen and oxygen atoms in total. The van der Waals surface area contributed by atoms with Crippen LogP contribution in [0.4, 0.5) is 0 Å². The van der Waals surface area contributed by atoms with Gasteiger partial charge in [-0.25, -0.2) is 14.8 Å². The number of ether oxygens (including phenoxy) is 2. The SMILES string of the molecule is COc1cccc(-c2noc(COC(=O)c3c(C)nc(-c4ccco4)nc3SC)n2)c1. The van der Waals surface area contributed by atoms with Gasteiger partial charge in [0.2, 0.25) is 5.82 Å². The van der Waals surface area contributed by atoms with Crippen molar-refractivity contribution in [1.82, 2.24) is 20.1 Å². The van der Waals surface area contributed by atoms with Gasteiger partial charge in [0.05, 0.1) is 19.1 Å². The van der Waals surface area contributed by atoms with E-state index in [2.05, 4.69) is 20.1 Å². The summed E-state index contributed by atoms with van der Waals surface area (Å²) in [4.78, 5) is 25.8. The van der Waals surface area contributed by atoms with E-state index < -0.39 is 5.97 Å². The van der Waals surface area contributed by atoms with Gasteiger partial charge in [-0.1, -0.05) is 17.3 Å². The fraction of sp³-hybridized carbons (Fsp3) is 0.190. The van der Waals surface area contributed by atoms with E-state index >= 15 is 0 Å². The van der Waals surface area contributed by atoms with Crippen molar-refractivity contribution in [3.63, 3.8) is 0 Å². The number of thioether (sulfide) groups is 1. The molecule has 0 amide bonds. The zero-order valence-corrected chi connectivity index (χ0v) is 17.8. The maximum absolute atomic E-state index is 12.7. The van der Waals surface area contributed by atoms with Gasteiger partial charge in [0.1, 0.15) is 16.3 Å². The van der Waals surface area contributed by atoms with E-state index in [0.29, 0.717) is 33.9 Å². The predicted octanol–water partition coefficient (Wildman–Crippen LogP) is 4.18. The third kappa shape index (κ3) is 4.43. The molecule has 0 bridgehead atoms. The van der Waals surface area contributed by atoms with E-state index in [-0.39, 0.29) is 18.1 Å². The number of hydrogen-bond donors (Lipinski definition) is 0. The van der Waals surface area contributed by atoms with Crippen molar-refractivity contribution in [2.24, 2.45) is 0 Å². The Kier molecular flexibility index (Phi) is 5.99. The van der Waals surface area contributed by atoms with E-state index in [1.807, 2.05) is 24.5 Å². The summed E-state index contributed by atoms with van der Waals surface area (Å²) in [6.45, 7) is 1.54. The molecule has 0 unspecified atom stereocenters. The number of methoxy groups -OCH3 is 1. The summed E-state index contributed by atoms with van der Waals surface area (Å²) in [5.74, 6) is 1.57. The minimum Gasteiger partial charge on any atom is -0.497 e. The Hall–Kier alpha value is -3.66. The van der Waals surface area contributed by atoms with E-state index in [9.17, 15) is 4.79 Å². The number of furan rings is 1. The first-order valence-corrected chi connectivity index (χ1v) is 10.4. The summed E-state index contributed by atoms with van der Waals surface area (Å²) < 4.78 is 21.1. The zero-order chi connectivity index (χ0) is 21.8. The fourth-order valence-corrected chi connectivity index (χ4v) is 3.45. The summed E-state index contributed by atoms with van der Waals surface area (Å²) in [5, 5.41) is 4.42. The highest BCUT2D eigenvalue weighted by molar-refractivity contribution is 7.98. The maximum atomic E-state index is 12.7. The van der Waals surface area contributed by atoms with Gasteiger partial charge in [0, 0.05) is 5.56 Å². The molecule has 0 aliphatic rings. The van der Waals surface area contributed by atoms with Gasteiger partial charge in [-0.05, 0) is 37.4 Å². The highest BCUT2D eigenvalue weighted by Crippen LogP contribution is 2.26. The van der Waals surface area contributed by atoms with Crippen molar-refractivity contribution >= 4 is 17.7 Å². The lowest BCUT2D eigenvalue weighted by atomic mass is 10.2. The van der Waals surface area contributed by atoms with Crippen LogP contribution in [0, 0.1) is 6.92 Å². The monoisotopic (exact) mass is 438 g/mol. The van der Waals surface area contributed by atoms with Crippen LogP contribution in [0.15, 0.2) is 56.6 Å². The van der Waals surface area contributed by atoms with Gasteiger partial charge in [-0.2, -0.15) is 4.98 Å². The van der Waals surface area contributed by atoms with Crippen LogP contribution in [-0.4, -0.2) is 39.4 Å². The number of rotatable bonds is 7. The van der Waals surface area contributed by atoms with Gasteiger partial charge in [-0.15, -0.1) is 11.8 Å². The van der Waals surface area contributed by atoms with E-state index in [4.69, 9.17) is 18.4 Å². The van der Waals surface area contributed by atoms with Crippen LogP contribution in [0.25, 0.3) is 23.0 Å². The summed E-state index contributed by atoms with van der Waals surface area (Å²) in [6, 6.07) is 10.8. The predicted molar refractivity (Wildman–Crippen MR) is 112 cm³/mol. The van der Waals surface area contributed by atoms with Crippen LogP contribution in [-0.2, 0) is 11.3 Å². The molecule has 4 aromatic rings. The molecule has 0 saturated carbocycles. The van der Waals surface area contributed by atoms with Crippen molar-refractivity contribution < 1.29 is 23.2 Å². The second-order valence-electron chi connectivity index (χ2n) is 6.31. The number of aryl methyl sites for hydroxylation is 1. The number of carbonyl (C=O) groups is 1. The standard InChI is InChI=1S/C21H18N4O5S/c1-12-17(20(31-3)24-19(22-12)15-8-5-9-28-15)21(26)29-11-16-23-18(25-30-16)13-6-4-7-14(10-13)27-2/h4-10H,11H2,1-3H3. The molecule has 0 radical (unpaired) electrons. The second kappa shape index (κ2) is 9.00. The average Bonchev–Trinajstić information content (AvgIpc) is 3.49. The molecule has 0 spiro atoms. The lowest BCUT2D eigenvalue weighted by molar-refractivity contribution is 0.0423. The molecular weight excluding hydrogens is 420 g/mol. The Balaban J connectivity index is 1.50. The quantitative estimate of drug-likeness (QED) is 0.236. The molecule has 3 heterocycles. The van der Waals surface area contributed by atoms with Gasteiger partial charge < -0.3 is 18.4 Å². The van der Waals surface area contributed by atoms with Crippen molar-refractivity contribution in [3.05, 3.63) is 59.8 Å². The average molecular weight is 438 g/mol. The Morgan fingerprint density at radius 2 is 2.00 bits per heavy atom. The summed E-state index contributed by atoms with van der Waals surface area (Å²) in [5.41, 5.74) is 1.50. The molecular formula is C21H18N4O5S. The Morgan fingerprint density at radius 1 is 1.13 bits per heavy atom. The lowest BCUT2D eigenvalue weighted by Crippen LogP contribution is -2.12. The molecule has 4 rings (SSSR count). The topological polar surface area (TPSA) is 113 Å². The zero-order valence-electron chi connectivity index (χ0n) is 17.0. The van der Waals surface area contributed by atoms with E-state index in [0.717, 1.165) is 5.56 Å². The molecule has 0 fully saturated rings. The van der Waals surface area contributed by atoms with Crippen molar-refractivity contribution in [2.45, 2.75) is 18.6 Å². The molecule has 0 aliphatic heterocycles. The molecule has 0 saturated heterocycles. The minimum absolute atomic E-state index is 0.169. The van der Waals surface area contributed by atoms with Crippen LogP contribution in [0.5, 0.6) is 5.75 Å². The van der Waals surface area contributed by atoms with Gasteiger partial charge in [0.15, 0.2) is 18.2 Å². The third-order valence-corrected chi connectivity index (χ3v) is 5.00. The van der Waals surface area contributed by atoms with Crippen LogP contribution < -0.4 is 4.74 Å². The van der Waals surface area contributed by atoms with Crippen molar-refractivity contribution in [2.75, 3.05) is 13.4 Å². The molecule has 0 aliphatic carbocycles. The first kappa shape index (κ1) is 20.6. The van der Waals surface area contributed by atoms with Crippen LogP contribution in [0.2, 0.25) is 0 Å². The first-order valence-electron chi connectivity index (χ1n) is 9.19. The third-order valence-electron chi connectivity index (χ3n) is 4.32. The molecule has 31 heavy (non-hydrogen) atoms. The van der Waals surface area contributed by atoms with Gasteiger partial charge in [0.25, 0.3) is 5.89 Å². The highest BCUT2D eigenvalue weighted by atomic mass is 32.2. The summed E-state index contributed by atoms with van der Waals surface area (Å²) >= 11 is 1.32. The molecule has 3 aromatic heterocycles. The molecule has 10 heteroatoms. The minimum atomic E-state index is -0.575. The molecule has 158 valence electrons. The molecule has 0 N–H and O–H groups in total. The highest BCUT2D eigenvalue weighted by Gasteiger charge is 2.22. The summed E-state index contributed by atoms with van der Waals surface area (Å²) in [7, 11) is 1.58. The number of hydrogen-bond acceptors (Lipinski definition) is 10. The summed E-state index contributed by atoms with van der Waals surface area (Å²) in [6.07, 6.45) is 3.36. The number of aromatic nitrogens is 4. The van der Waals surface area contributed by atoms with Gasteiger partial charge in [-0.3, -0.25) is 0 Å². The number of carbonyl (C=O) groups excluding carboxylic acids is 1. The largest absolute Gasteiger partial charge is 0.497 e. The van der Waals surface area contributed by atoms with E-state index in [1.165, 1.54) is 11.8 Å². The fourth-order valence-electron chi connectivity index (χ4n) is 2.84. The van der Waals surface area contributed by atoms with Crippen LogP contribution >= 0.6 is 11.8 Å². The number of benzene rings is 1. The molecule has 0 atom stereocenters. The maximum Gasteiger partial charge on any atom is 0.343 e. The Labute approximate surface area is 181 Å². The number of esters is 1. The lowest BCUT2D eigenvalue weighted by Gasteiger charge is -2.10.